The maximum Gasteiger partial charge on any atom is 0.136 e. The highest BCUT2D eigenvalue weighted by atomic mass is 32.2. The van der Waals surface area contributed by atoms with E-state index in [1.54, 1.807) is 11.8 Å². The van der Waals surface area contributed by atoms with Gasteiger partial charge in [0.15, 0.2) is 0 Å². The second-order valence-corrected chi connectivity index (χ2v) is 5.90. The third-order valence-corrected chi connectivity index (χ3v) is 4.77. The topological polar surface area (TPSA) is 37.3 Å². The fourth-order valence-electron chi connectivity index (χ4n) is 2.31. The first kappa shape index (κ1) is 9.53. The molecule has 0 bridgehead atoms. The summed E-state index contributed by atoms with van der Waals surface area (Å²) in [5.41, 5.74) is -0.502. The van der Waals surface area contributed by atoms with Crippen LogP contribution < -0.4 is 0 Å². The van der Waals surface area contributed by atoms with Crippen molar-refractivity contribution in [3.63, 3.8) is 0 Å². The normalized spacial score (nSPS) is 37.0. The van der Waals surface area contributed by atoms with E-state index in [0.717, 1.165) is 44.1 Å². The van der Waals surface area contributed by atoms with E-state index >= 15 is 0 Å². The van der Waals surface area contributed by atoms with E-state index in [4.69, 9.17) is 0 Å². The molecule has 1 saturated carbocycles. The highest BCUT2D eigenvalue weighted by Gasteiger charge is 2.45. The molecule has 13 heavy (non-hydrogen) atoms. The van der Waals surface area contributed by atoms with E-state index in [1.807, 2.05) is 0 Å². The number of hydrogen-bond donors (Lipinski definition) is 1. The van der Waals surface area contributed by atoms with Gasteiger partial charge in [0.05, 0.1) is 10.3 Å². The molecule has 0 spiro atoms. The van der Waals surface area contributed by atoms with E-state index in [2.05, 4.69) is 0 Å². The van der Waals surface area contributed by atoms with Crippen LogP contribution in [0.5, 0.6) is 0 Å². The maximum atomic E-state index is 11.0. The Balaban J connectivity index is 2.00. The largest absolute Gasteiger partial charge is 0.390 e. The summed E-state index contributed by atoms with van der Waals surface area (Å²) in [6, 6.07) is 0. The Morgan fingerprint density at radius 1 is 1.31 bits per heavy atom. The molecule has 2 aliphatic rings. The van der Waals surface area contributed by atoms with Crippen LogP contribution in [0.2, 0.25) is 0 Å². The molecule has 1 aliphatic carbocycles. The number of thioether (sulfide) groups is 1. The number of hydrogen-bond acceptors (Lipinski definition) is 3. The first-order valence-corrected chi connectivity index (χ1v) is 5.99. The van der Waals surface area contributed by atoms with Gasteiger partial charge in [0.1, 0.15) is 6.29 Å². The van der Waals surface area contributed by atoms with Crippen molar-refractivity contribution in [2.24, 2.45) is 0 Å². The van der Waals surface area contributed by atoms with Crippen molar-refractivity contribution in [2.45, 2.75) is 48.9 Å². The Morgan fingerprint density at radius 2 is 2.08 bits per heavy atom. The van der Waals surface area contributed by atoms with Gasteiger partial charge in [0.25, 0.3) is 0 Å². The van der Waals surface area contributed by atoms with Crippen LogP contribution in [0.3, 0.4) is 0 Å². The van der Waals surface area contributed by atoms with Crippen LogP contribution in [0.4, 0.5) is 0 Å². The summed E-state index contributed by atoms with van der Waals surface area (Å²) in [4.78, 5) is 11.0. The van der Waals surface area contributed by atoms with Gasteiger partial charge in [0.2, 0.25) is 0 Å². The summed E-state index contributed by atoms with van der Waals surface area (Å²) >= 11 is 1.74. The van der Waals surface area contributed by atoms with E-state index in [1.165, 1.54) is 0 Å². The minimum absolute atomic E-state index is 0.241. The molecule has 74 valence electrons. The highest BCUT2D eigenvalue weighted by Crippen LogP contribution is 2.47. The number of aldehydes is 1. The van der Waals surface area contributed by atoms with Gasteiger partial charge in [0, 0.05) is 0 Å². The van der Waals surface area contributed by atoms with E-state index in [9.17, 15) is 9.90 Å². The molecule has 3 heteroatoms. The standard InChI is InChI=1S/C10H16O2S/c11-8-10(5-2-6-13-10)7-9(12)3-1-4-9/h8,12H,1-7H2. The van der Waals surface area contributed by atoms with Crippen molar-refractivity contribution in [1.82, 2.24) is 0 Å². The van der Waals surface area contributed by atoms with E-state index in [-0.39, 0.29) is 4.75 Å². The van der Waals surface area contributed by atoms with Gasteiger partial charge in [-0.15, -0.1) is 11.8 Å². The molecule has 0 radical (unpaired) electrons. The van der Waals surface area contributed by atoms with Crippen LogP contribution in [-0.4, -0.2) is 27.5 Å². The summed E-state index contributed by atoms with van der Waals surface area (Å²) in [6.45, 7) is 0. The zero-order chi connectivity index (χ0) is 9.36. The minimum atomic E-state index is -0.502. The Kier molecular flexibility index (Phi) is 2.41. The molecule has 2 fully saturated rings. The first-order chi connectivity index (χ1) is 6.18. The van der Waals surface area contributed by atoms with Crippen LogP contribution in [0.1, 0.15) is 38.5 Å². The molecule has 0 amide bonds. The molecule has 1 N–H and O–H groups in total. The maximum absolute atomic E-state index is 11.0. The monoisotopic (exact) mass is 200 g/mol. The van der Waals surface area contributed by atoms with Crippen LogP contribution in [0.15, 0.2) is 0 Å². The Hall–Kier alpha value is -0.0200. The molecule has 1 heterocycles. The van der Waals surface area contributed by atoms with Gasteiger partial charge in [-0.05, 0) is 44.3 Å². The lowest BCUT2D eigenvalue weighted by molar-refractivity contribution is -0.113. The van der Waals surface area contributed by atoms with Crippen molar-refractivity contribution in [1.29, 1.82) is 0 Å². The van der Waals surface area contributed by atoms with Gasteiger partial charge < -0.3 is 9.90 Å². The summed E-state index contributed by atoms with van der Waals surface area (Å²) in [6.07, 6.45) is 6.75. The Labute approximate surface area is 83.1 Å². The molecular formula is C10H16O2S. The first-order valence-electron chi connectivity index (χ1n) is 5.01. The van der Waals surface area contributed by atoms with Gasteiger partial charge in [-0.25, -0.2) is 0 Å². The van der Waals surface area contributed by atoms with Gasteiger partial charge >= 0.3 is 0 Å². The molecule has 2 nitrogen and oxygen atoms in total. The smallest absolute Gasteiger partial charge is 0.136 e. The van der Waals surface area contributed by atoms with E-state index < -0.39 is 5.60 Å². The molecule has 1 atom stereocenters. The average Bonchev–Trinajstić information content (AvgIpc) is 2.51. The molecule has 1 aliphatic heterocycles. The van der Waals surface area contributed by atoms with Crippen LogP contribution >= 0.6 is 11.8 Å². The fourth-order valence-corrected chi connectivity index (χ4v) is 3.73. The third kappa shape index (κ3) is 1.77. The summed E-state index contributed by atoms with van der Waals surface area (Å²) < 4.78 is -0.241. The summed E-state index contributed by atoms with van der Waals surface area (Å²) in [5.74, 6) is 1.08. The molecule has 1 unspecified atom stereocenters. The molecule has 1 saturated heterocycles. The molecule has 0 aromatic heterocycles. The molecule has 0 aromatic carbocycles. The third-order valence-electron chi connectivity index (χ3n) is 3.26. The molecule has 2 rings (SSSR count). The predicted octanol–water partition coefficient (Wildman–Crippen LogP) is 1.76. The summed E-state index contributed by atoms with van der Waals surface area (Å²) in [5, 5.41) is 9.99. The van der Waals surface area contributed by atoms with Crippen LogP contribution in [0, 0.1) is 0 Å². The Morgan fingerprint density at radius 3 is 2.46 bits per heavy atom. The lowest BCUT2D eigenvalue weighted by Gasteiger charge is -2.41. The van der Waals surface area contributed by atoms with Gasteiger partial charge in [-0.3, -0.25) is 0 Å². The fraction of sp³-hybridized carbons (Fsp3) is 0.900. The van der Waals surface area contributed by atoms with Crippen molar-refractivity contribution >= 4 is 18.0 Å². The number of aliphatic hydroxyl groups is 1. The zero-order valence-electron chi connectivity index (χ0n) is 7.79. The molecular weight excluding hydrogens is 184 g/mol. The lowest BCUT2D eigenvalue weighted by atomic mass is 9.73. The minimum Gasteiger partial charge on any atom is -0.390 e. The van der Waals surface area contributed by atoms with Crippen LogP contribution in [-0.2, 0) is 4.79 Å². The quantitative estimate of drug-likeness (QED) is 0.705. The number of carbonyl (C=O) groups excluding carboxylic acids is 1. The van der Waals surface area contributed by atoms with Crippen molar-refractivity contribution in [3.8, 4) is 0 Å². The Bertz CT molecular complexity index is 205. The zero-order valence-corrected chi connectivity index (χ0v) is 8.61. The van der Waals surface area contributed by atoms with Gasteiger partial charge in [-0.2, -0.15) is 0 Å². The number of rotatable bonds is 3. The van der Waals surface area contributed by atoms with E-state index in [0.29, 0.717) is 6.42 Å². The number of carbonyl (C=O) groups is 1. The van der Waals surface area contributed by atoms with Crippen LogP contribution in [0.25, 0.3) is 0 Å². The second kappa shape index (κ2) is 3.28. The predicted molar refractivity (Wildman–Crippen MR) is 53.9 cm³/mol. The van der Waals surface area contributed by atoms with Crippen molar-refractivity contribution in [3.05, 3.63) is 0 Å². The summed E-state index contributed by atoms with van der Waals surface area (Å²) in [7, 11) is 0. The average molecular weight is 200 g/mol. The van der Waals surface area contributed by atoms with Crippen molar-refractivity contribution < 1.29 is 9.90 Å². The van der Waals surface area contributed by atoms with Gasteiger partial charge in [-0.1, -0.05) is 0 Å². The molecule has 0 aromatic rings. The lowest BCUT2D eigenvalue weighted by Crippen LogP contribution is -2.44. The SMILES string of the molecule is O=CC1(CC2(O)CCC2)CCCS1. The highest BCUT2D eigenvalue weighted by molar-refractivity contribution is 8.01. The van der Waals surface area contributed by atoms with Crippen molar-refractivity contribution in [2.75, 3.05) is 5.75 Å². The second-order valence-electron chi connectivity index (χ2n) is 4.39.